The molecule has 0 fully saturated rings. The minimum absolute atomic E-state index is 0.0799. The standard InChI is InChI=1S/C23H17ClF4N4O2/c24-15-2-1-3-18-13(15)10-29-7-6-17-19(4-5-21(33)30-17)32-11-31(18)20-9-14(23(26,27)28)16(25)8-12(20)22(32)34/h1-5,8-9,29H,6-7,10-11H2,(H,30,33). The van der Waals surface area contributed by atoms with Crippen LogP contribution in [0.1, 0.15) is 27.2 Å². The maximum absolute atomic E-state index is 14.5. The van der Waals surface area contributed by atoms with E-state index in [9.17, 15) is 27.2 Å². The molecule has 0 atom stereocenters. The molecule has 2 aromatic carbocycles. The normalized spacial score (nSPS) is 15.9. The summed E-state index contributed by atoms with van der Waals surface area (Å²) in [6.07, 6.45) is -4.58. The first kappa shape index (κ1) is 22.4. The monoisotopic (exact) mass is 492 g/mol. The Morgan fingerprint density at radius 1 is 0.971 bits per heavy atom. The van der Waals surface area contributed by atoms with Gasteiger partial charge < -0.3 is 15.2 Å². The lowest BCUT2D eigenvalue weighted by atomic mass is 10.0. The summed E-state index contributed by atoms with van der Waals surface area (Å²) in [6, 6.07) is 9.01. The van der Waals surface area contributed by atoms with Crippen LogP contribution in [0.3, 0.4) is 0 Å². The predicted molar refractivity (Wildman–Crippen MR) is 119 cm³/mol. The summed E-state index contributed by atoms with van der Waals surface area (Å²) in [4.78, 5) is 30.9. The number of amides is 1. The van der Waals surface area contributed by atoms with Crippen molar-refractivity contribution in [2.75, 3.05) is 23.0 Å². The highest BCUT2D eigenvalue weighted by Gasteiger charge is 2.40. The van der Waals surface area contributed by atoms with Crippen molar-refractivity contribution in [1.82, 2.24) is 10.3 Å². The van der Waals surface area contributed by atoms with Crippen molar-refractivity contribution in [1.29, 1.82) is 0 Å². The molecule has 11 heteroatoms. The van der Waals surface area contributed by atoms with Gasteiger partial charge in [-0.25, -0.2) is 4.39 Å². The summed E-state index contributed by atoms with van der Waals surface area (Å²) >= 11 is 6.44. The number of carbonyl (C=O) groups excluding carboxylic acids is 1. The third-order valence-electron chi connectivity index (χ3n) is 5.95. The van der Waals surface area contributed by atoms with E-state index in [-0.39, 0.29) is 30.0 Å². The molecule has 0 saturated heterocycles. The van der Waals surface area contributed by atoms with E-state index in [4.69, 9.17) is 11.6 Å². The number of fused-ring (bicyclic) bond motifs is 8. The number of pyridine rings is 1. The van der Waals surface area contributed by atoms with Gasteiger partial charge in [0.1, 0.15) is 12.5 Å². The zero-order valence-electron chi connectivity index (χ0n) is 17.5. The average molecular weight is 493 g/mol. The van der Waals surface area contributed by atoms with E-state index in [0.29, 0.717) is 52.8 Å². The van der Waals surface area contributed by atoms with Gasteiger partial charge in [-0.3, -0.25) is 14.5 Å². The summed E-state index contributed by atoms with van der Waals surface area (Å²) in [7, 11) is 0. The van der Waals surface area contributed by atoms with Gasteiger partial charge in [0.05, 0.1) is 22.5 Å². The smallest absolute Gasteiger partial charge is 0.324 e. The first-order valence-corrected chi connectivity index (χ1v) is 10.7. The van der Waals surface area contributed by atoms with Gasteiger partial charge in [-0.1, -0.05) is 17.7 Å². The molecule has 0 spiro atoms. The number of nitrogens with zero attached hydrogens (tertiary/aromatic N) is 2. The molecule has 34 heavy (non-hydrogen) atoms. The van der Waals surface area contributed by atoms with E-state index in [2.05, 4.69) is 10.3 Å². The van der Waals surface area contributed by atoms with Crippen molar-refractivity contribution >= 4 is 34.6 Å². The van der Waals surface area contributed by atoms with E-state index in [1.54, 1.807) is 18.2 Å². The van der Waals surface area contributed by atoms with Crippen LogP contribution in [0.25, 0.3) is 0 Å². The van der Waals surface area contributed by atoms with Crippen LogP contribution in [-0.4, -0.2) is 24.1 Å². The Bertz CT molecular complexity index is 1370. The highest BCUT2D eigenvalue weighted by molar-refractivity contribution is 6.31. The molecule has 0 unspecified atom stereocenters. The molecule has 1 aromatic heterocycles. The lowest BCUT2D eigenvalue weighted by molar-refractivity contribution is -0.139. The van der Waals surface area contributed by atoms with E-state index in [1.807, 2.05) is 0 Å². The van der Waals surface area contributed by atoms with Crippen LogP contribution in [0.4, 0.5) is 34.6 Å². The number of benzene rings is 2. The Morgan fingerprint density at radius 3 is 2.53 bits per heavy atom. The number of aromatic amines is 1. The molecular weight excluding hydrogens is 476 g/mol. The molecule has 5 rings (SSSR count). The van der Waals surface area contributed by atoms with Crippen molar-refractivity contribution in [2.45, 2.75) is 19.1 Å². The van der Waals surface area contributed by atoms with Crippen molar-refractivity contribution < 1.29 is 22.4 Å². The maximum atomic E-state index is 14.5. The number of carbonyl (C=O) groups is 1. The Kier molecular flexibility index (Phi) is 5.37. The van der Waals surface area contributed by atoms with Crippen LogP contribution in [-0.2, 0) is 19.1 Å². The summed E-state index contributed by atoms with van der Waals surface area (Å²) in [5.41, 5.74) is -0.186. The highest BCUT2D eigenvalue weighted by Crippen LogP contribution is 2.43. The molecule has 2 aliphatic heterocycles. The summed E-state index contributed by atoms with van der Waals surface area (Å²) in [6.45, 7) is 0.551. The average Bonchev–Trinajstić information content (AvgIpc) is 2.80. The van der Waals surface area contributed by atoms with Crippen molar-refractivity contribution in [3.05, 3.63) is 86.0 Å². The van der Waals surface area contributed by atoms with Gasteiger partial charge in [0.2, 0.25) is 5.56 Å². The van der Waals surface area contributed by atoms with Gasteiger partial charge in [-0.15, -0.1) is 0 Å². The Balaban J connectivity index is 1.80. The third kappa shape index (κ3) is 3.72. The highest BCUT2D eigenvalue weighted by atomic mass is 35.5. The maximum Gasteiger partial charge on any atom is 0.419 e. The minimum atomic E-state index is -4.95. The van der Waals surface area contributed by atoms with Crippen molar-refractivity contribution in [3.63, 3.8) is 0 Å². The zero-order valence-corrected chi connectivity index (χ0v) is 18.2. The lowest BCUT2D eigenvalue weighted by Gasteiger charge is -2.39. The Labute approximate surface area is 195 Å². The summed E-state index contributed by atoms with van der Waals surface area (Å²) < 4.78 is 55.1. The summed E-state index contributed by atoms with van der Waals surface area (Å²) in [5, 5.41) is 3.61. The molecule has 0 saturated carbocycles. The van der Waals surface area contributed by atoms with Crippen molar-refractivity contribution in [3.8, 4) is 0 Å². The molecule has 176 valence electrons. The first-order chi connectivity index (χ1) is 16.1. The fraction of sp³-hybridized carbons (Fsp3) is 0.217. The second kappa shape index (κ2) is 8.14. The number of hydrogen-bond acceptors (Lipinski definition) is 4. The SMILES string of the molecule is O=C1c2cc(F)c(C(F)(F)F)cc2N2CN1c1ccc(=O)[nH]c1CCNCc1c(Cl)cccc12. The van der Waals surface area contributed by atoms with Crippen molar-refractivity contribution in [2.24, 2.45) is 0 Å². The Hall–Kier alpha value is -3.37. The van der Waals surface area contributed by atoms with Crippen LogP contribution in [0.15, 0.2) is 47.3 Å². The number of aromatic nitrogens is 1. The topological polar surface area (TPSA) is 68.4 Å². The molecule has 3 aromatic rings. The van der Waals surface area contributed by atoms with Crippen LogP contribution >= 0.6 is 11.6 Å². The molecule has 3 heterocycles. The number of rotatable bonds is 0. The van der Waals surface area contributed by atoms with Gasteiger partial charge in [0.25, 0.3) is 5.91 Å². The predicted octanol–water partition coefficient (Wildman–Crippen LogP) is 4.59. The van der Waals surface area contributed by atoms with Crippen LogP contribution in [0.5, 0.6) is 0 Å². The van der Waals surface area contributed by atoms with Crippen LogP contribution in [0.2, 0.25) is 5.02 Å². The summed E-state index contributed by atoms with van der Waals surface area (Å²) in [5.74, 6) is -2.22. The number of hydrogen-bond donors (Lipinski definition) is 2. The molecule has 2 N–H and O–H groups in total. The molecular formula is C23H17ClF4N4O2. The molecule has 6 nitrogen and oxygen atoms in total. The van der Waals surface area contributed by atoms with Gasteiger partial charge in [0.15, 0.2) is 0 Å². The Morgan fingerprint density at radius 2 is 1.76 bits per heavy atom. The van der Waals surface area contributed by atoms with Gasteiger partial charge >= 0.3 is 6.18 Å². The van der Waals surface area contributed by atoms with Gasteiger partial charge in [0, 0.05) is 47.5 Å². The third-order valence-corrected chi connectivity index (χ3v) is 6.30. The zero-order chi connectivity index (χ0) is 24.2. The molecule has 2 bridgehead atoms. The lowest BCUT2D eigenvalue weighted by Crippen LogP contribution is -2.46. The number of alkyl halides is 3. The molecule has 0 radical (unpaired) electrons. The van der Waals surface area contributed by atoms with Crippen LogP contribution < -0.4 is 20.7 Å². The second-order valence-corrected chi connectivity index (χ2v) is 8.41. The van der Waals surface area contributed by atoms with E-state index in [0.717, 1.165) is 0 Å². The molecule has 1 amide bonds. The van der Waals surface area contributed by atoms with E-state index < -0.39 is 23.5 Å². The van der Waals surface area contributed by atoms with E-state index >= 15 is 0 Å². The van der Waals surface area contributed by atoms with E-state index in [1.165, 1.54) is 21.9 Å². The number of anilines is 3. The quantitative estimate of drug-likeness (QED) is 0.451. The van der Waals surface area contributed by atoms with Gasteiger partial charge in [-0.2, -0.15) is 13.2 Å². The van der Waals surface area contributed by atoms with Crippen LogP contribution in [0, 0.1) is 5.82 Å². The largest absolute Gasteiger partial charge is 0.419 e. The number of nitrogens with one attached hydrogen (secondary N) is 2. The first-order valence-electron chi connectivity index (χ1n) is 10.4. The van der Waals surface area contributed by atoms with Gasteiger partial charge in [-0.05, 0) is 30.3 Å². The fourth-order valence-corrected chi connectivity index (χ4v) is 4.58. The second-order valence-electron chi connectivity index (χ2n) is 8.00. The molecule has 2 aliphatic rings. The number of H-pyrrole nitrogens is 1. The molecule has 0 aliphatic carbocycles. The fourth-order valence-electron chi connectivity index (χ4n) is 4.35. The number of halogens is 5. The minimum Gasteiger partial charge on any atom is -0.324 e.